The number of rotatable bonds is 8. The first-order valence-corrected chi connectivity index (χ1v) is 17.9. The smallest absolute Gasteiger partial charge is 0.254 e. The molecule has 3 N–H and O–H groups in total. The van der Waals surface area contributed by atoms with E-state index in [0.29, 0.717) is 31.4 Å². The Bertz CT molecular complexity index is 2030. The minimum atomic E-state index is -4.28. The van der Waals surface area contributed by atoms with Crippen LogP contribution in [0.2, 0.25) is 0 Å². The molecule has 2 aliphatic rings. The lowest BCUT2D eigenvalue weighted by molar-refractivity contribution is 0.0733. The van der Waals surface area contributed by atoms with Crippen molar-refractivity contribution in [1.29, 1.82) is 0 Å². The second kappa shape index (κ2) is 12.5. The summed E-state index contributed by atoms with van der Waals surface area (Å²) in [4.78, 5) is 14.9. The molecule has 4 aromatic rings. The van der Waals surface area contributed by atoms with Crippen LogP contribution in [-0.4, -0.2) is 61.8 Å². The van der Waals surface area contributed by atoms with Gasteiger partial charge in [0.25, 0.3) is 5.91 Å². The maximum atomic E-state index is 13.9. The summed E-state index contributed by atoms with van der Waals surface area (Å²) in [6.45, 7) is 2.36. The maximum Gasteiger partial charge on any atom is 0.254 e. The van der Waals surface area contributed by atoms with Gasteiger partial charge in [0, 0.05) is 43.9 Å². The number of hydrogen-bond donors (Lipinski definition) is 3. The van der Waals surface area contributed by atoms with E-state index in [1.165, 1.54) is 16.1 Å². The molecule has 0 aliphatic carbocycles. The minimum Gasteiger partial charge on any atom is -0.504 e. The van der Waals surface area contributed by atoms with Crippen LogP contribution in [0.3, 0.4) is 0 Å². The predicted octanol–water partition coefficient (Wildman–Crippen LogP) is 3.87. The number of fused-ring (bicyclic) bond motifs is 2. The number of sulfonamides is 2. The summed E-state index contributed by atoms with van der Waals surface area (Å²) in [7, 11) is -8.09. The van der Waals surface area contributed by atoms with Gasteiger partial charge in [-0.1, -0.05) is 60.7 Å². The van der Waals surface area contributed by atoms with Crippen molar-refractivity contribution in [3.05, 3.63) is 118 Å². The molecule has 0 aromatic heterocycles. The van der Waals surface area contributed by atoms with Gasteiger partial charge in [-0.2, -0.15) is 4.31 Å². The van der Waals surface area contributed by atoms with Crippen molar-refractivity contribution in [2.75, 3.05) is 19.6 Å². The van der Waals surface area contributed by atoms with Gasteiger partial charge in [0.15, 0.2) is 11.5 Å². The Morgan fingerprint density at radius 2 is 1.46 bits per heavy atom. The van der Waals surface area contributed by atoms with Crippen molar-refractivity contribution in [3.63, 3.8) is 0 Å². The largest absolute Gasteiger partial charge is 0.504 e. The molecule has 4 aromatic carbocycles. The number of phenolic OH excluding ortho intramolecular Hbond substituents is 2. The van der Waals surface area contributed by atoms with E-state index in [-0.39, 0.29) is 42.2 Å². The highest BCUT2D eigenvalue weighted by Crippen LogP contribution is 2.40. The second-order valence-corrected chi connectivity index (χ2v) is 15.3. The number of benzene rings is 4. The molecular weight excluding hydrogens is 627 g/mol. The summed E-state index contributed by atoms with van der Waals surface area (Å²) in [6, 6.07) is 23.1. The number of hydrogen-bond acceptors (Lipinski definition) is 7. The van der Waals surface area contributed by atoms with Crippen LogP contribution in [-0.2, 0) is 52.4 Å². The summed E-state index contributed by atoms with van der Waals surface area (Å²) < 4.78 is 57.5. The summed E-state index contributed by atoms with van der Waals surface area (Å²) in [5.74, 6) is -2.01. The highest BCUT2D eigenvalue weighted by atomic mass is 32.2. The number of nitrogens with zero attached hydrogens (tertiary/aromatic N) is 2. The highest BCUT2D eigenvalue weighted by Gasteiger charge is 2.34. The van der Waals surface area contributed by atoms with Crippen LogP contribution in [0.5, 0.6) is 11.5 Å². The molecule has 12 heteroatoms. The Morgan fingerprint density at radius 1 is 0.783 bits per heavy atom. The lowest BCUT2D eigenvalue weighted by atomic mass is 9.98. The summed E-state index contributed by atoms with van der Waals surface area (Å²) in [5, 5.41) is 21.6. The molecule has 0 atom stereocenters. The van der Waals surface area contributed by atoms with Crippen molar-refractivity contribution < 1.29 is 31.8 Å². The summed E-state index contributed by atoms with van der Waals surface area (Å²) >= 11 is 0. The molecule has 2 aliphatic heterocycles. The Morgan fingerprint density at radius 3 is 2.22 bits per heavy atom. The monoisotopic (exact) mass is 661 g/mol. The highest BCUT2D eigenvalue weighted by molar-refractivity contribution is 7.89. The predicted molar refractivity (Wildman–Crippen MR) is 172 cm³/mol. The molecule has 0 radical (unpaired) electrons. The van der Waals surface area contributed by atoms with Crippen LogP contribution in [0, 0.1) is 6.92 Å². The number of amides is 1. The molecule has 10 nitrogen and oxygen atoms in total. The lowest BCUT2D eigenvalue weighted by Crippen LogP contribution is -2.37. The molecule has 0 unspecified atom stereocenters. The first-order chi connectivity index (χ1) is 22.0. The third-order valence-corrected chi connectivity index (χ3v) is 12.1. The number of phenols is 2. The molecule has 2 heterocycles. The van der Waals surface area contributed by atoms with Gasteiger partial charge in [-0.05, 0) is 72.2 Å². The van der Waals surface area contributed by atoms with Gasteiger partial charge in [0.1, 0.15) is 4.90 Å². The van der Waals surface area contributed by atoms with Crippen LogP contribution < -0.4 is 4.72 Å². The number of aromatic hydroxyl groups is 2. The zero-order valence-electron chi connectivity index (χ0n) is 25.3. The van der Waals surface area contributed by atoms with Gasteiger partial charge in [-0.3, -0.25) is 4.79 Å². The molecule has 46 heavy (non-hydrogen) atoms. The zero-order valence-corrected chi connectivity index (χ0v) is 26.9. The Hall–Kier alpha value is -4.23. The first kappa shape index (κ1) is 31.7. The first-order valence-electron chi connectivity index (χ1n) is 15.0. The van der Waals surface area contributed by atoms with Gasteiger partial charge in [0.2, 0.25) is 20.0 Å². The lowest BCUT2D eigenvalue weighted by Gasteiger charge is -2.31. The third kappa shape index (κ3) is 6.13. The van der Waals surface area contributed by atoms with Crippen molar-refractivity contribution >= 4 is 26.0 Å². The SMILES string of the molecule is Cc1c(C(=O)N2CCc3ccc(S(=O)(=O)NCCc4ccccc4)cc3C2)cc(S(=O)(=O)N2CCc3ccccc3C2)c(O)c1O. The Balaban J connectivity index is 1.23. The maximum absolute atomic E-state index is 13.9. The normalized spacial score (nSPS) is 15.3. The fourth-order valence-corrected chi connectivity index (χ4v) is 8.67. The van der Waals surface area contributed by atoms with Crippen molar-refractivity contribution in [2.24, 2.45) is 0 Å². The molecule has 0 fully saturated rings. The number of nitrogens with one attached hydrogen (secondary N) is 1. The molecule has 6 rings (SSSR count). The topological polar surface area (TPSA) is 144 Å². The van der Waals surface area contributed by atoms with E-state index < -0.39 is 42.3 Å². The molecule has 0 spiro atoms. The fraction of sp³-hybridized carbons (Fsp3) is 0.265. The Labute approximate surface area is 269 Å². The number of carbonyl (C=O) groups is 1. The van der Waals surface area contributed by atoms with Crippen LogP contribution >= 0.6 is 0 Å². The average molecular weight is 662 g/mol. The molecule has 1 amide bonds. The molecule has 0 saturated carbocycles. The minimum absolute atomic E-state index is 0.0511. The average Bonchev–Trinajstić information content (AvgIpc) is 3.06. The van der Waals surface area contributed by atoms with E-state index >= 15 is 0 Å². The van der Waals surface area contributed by atoms with Crippen LogP contribution in [0.15, 0.2) is 88.7 Å². The van der Waals surface area contributed by atoms with E-state index in [1.54, 1.807) is 18.2 Å². The third-order valence-electron chi connectivity index (χ3n) is 8.77. The summed E-state index contributed by atoms with van der Waals surface area (Å²) in [6.07, 6.45) is 1.49. The van der Waals surface area contributed by atoms with Gasteiger partial charge in [-0.25, -0.2) is 21.6 Å². The quantitative estimate of drug-likeness (QED) is 0.243. The van der Waals surface area contributed by atoms with Gasteiger partial charge >= 0.3 is 0 Å². The molecule has 0 bridgehead atoms. The van der Waals surface area contributed by atoms with Crippen LogP contribution in [0.4, 0.5) is 0 Å². The van der Waals surface area contributed by atoms with Crippen molar-refractivity contribution in [2.45, 2.75) is 49.1 Å². The van der Waals surface area contributed by atoms with Gasteiger partial charge in [-0.15, -0.1) is 0 Å². The van der Waals surface area contributed by atoms with Gasteiger partial charge < -0.3 is 15.1 Å². The number of carbonyl (C=O) groups excluding carboxylic acids is 1. The van der Waals surface area contributed by atoms with Crippen LogP contribution in [0.1, 0.15) is 43.7 Å². The van der Waals surface area contributed by atoms with E-state index in [2.05, 4.69) is 4.72 Å². The van der Waals surface area contributed by atoms with E-state index in [4.69, 9.17) is 0 Å². The van der Waals surface area contributed by atoms with E-state index in [9.17, 15) is 31.8 Å². The van der Waals surface area contributed by atoms with Crippen molar-refractivity contribution in [1.82, 2.24) is 13.9 Å². The summed E-state index contributed by atoms with van der Waals surface area (Å²) in [5.41, 5.74) is 4.47. The van der Waals surface area contributed by atoms with E-state index in [0.717, 1.165) is 28.3 Å². The zero-order chi connectivity index (χ0) is 32.6. The van der Waals surface area contributed by atoms with Crippen LogP contribution in [0.25, 0.3) is 0 Å². The van der Waals surface area contributed by atoms with E-state index in [1.807, 2.05) is 54.6 Å². The molecule has 0 saturated heterocycles. The molecular formula is C34H35N3O7S2. The second-order valence-electron chi connectivity index (χ2n) is 11.6. The Kier molecular flexibility index (Phi) is 8.64. The molecule has 240 valence electrons. The fourth-order valence-electron chi connectivity index (χ4n) is 6.06. The van der Waals surface area contributed by atoms with Gasteiger partial charge in [0.05, 0.1) is 4.90 Å². The standard InChI is InChI=1S/C34H35N3O7S2/c1-23-30(20-31(33(39)32(23)38)46(43,44)37-18-15-25-9-5-6-10-27(25)22-37)34(40)36-17-14-26-11-12-29(19-28(26)21-36)45(41,42)35-16-13-24-7-3-2-4-8-24/h2-12,19-20,35,38-39H,13-18,21-22H2,1H3. The van der Waals surface area contributed by atoms with Crippen molar-refractivity contribution in [3.8, 4) is 11.5 Å².